The van der Waals surface area contributed by atoms with Crippen molar-refractivity contribution in [2.24, 2.45) is 0 Å². The van der Waals surface area contributed by atoms with Crippen LogP contribution in [0.1, 0.15) is 54.4 Å². The maximum absolute atomic E-state index is 13.6. The van der Waals surface area contributed by atoms with Crippen LogP contribution in [0.2, 0.25) is 0 Å². The van der Waals surface area contributed by atoms with Crippen LogP contribution in [-0.2, 0) is 20.6 Å². The largest absolute Gasteiger partial charge is 0.493 e. The Balaban J connectivity index is 1.26. The number of hydrogen-bond donors (Lipinski definition) is 2. The normalized spacial score (nSPS) is 27.9. The van der Waals surface area contributed by atoms with Crippen LogP contribution in [0.5, 0.6) is 28.7 Å². The second kappa shape index (κ2) is 11.0. The van der Waals surface area contributed by atoms with Crippen molar-refractivity contribution in [1.82, 2.24) is 0 Å². The maximum atomic E-state index is 13.6. The Labute approximate surface area is 259 Å². The van der Waals surface area contributed by atoms with E-state index in [4.69, 9.17) is 37.9 Å². The number of hydrogen-bond acceptors (Lipinski definition) is 11. The van der Waals surface area contributed by atoms with E-state index in [1.807, 2.05) is 30.3 Å². The van der Waals surface area contributed by atoms with Crippen molar-refractivity contribution >= 4 is 16.6 Å². The number of carbonyl (C=O) groups excluding carboxylic acids is 1. The van der Waals surface area contributed by atoms with Gasteiger partial charge in [0.1, 0.15) is 30.2 Å². The first-order valence-corrected chi connectivity index (χ1v) is 15.6. The Morgan fingerprint density at radius 3 is 2.38 bits per heavy atom. The summed E-state index contributed by atoms with van der Waals surface area (Å²) in [5.41, 5.74) is 2.74. The van der Waals surface area contributed by atoms with Crippen LogP contribution >= 0.6 is 0 Å². The van der Waals surface area contributed by atoms with Gasteiger partial charge in [0, 0.05) is 41.3 Å². The highest BCUT2D eigenvalue weighted by atomic mass is 16.8. The standard InChI is InChI=1S/C34H36O11/c1-38-23-13-19-20(14-24(23)39-2)30(18-7-8-21(36)28(18)27(19)17-6-9-22-25(12-17)41-16-40-22)43-33-29(37)32-31(26(15-35)42-33)44-34(45-32)10-4-3-5-11-34/h6,9,12-14,26,29,31-33,35,37H,3-5,7-8,10-11,15-16H2,1-2H3. The van der Waals surface area contributed by atoms with E-state index >= 15 is 0 Å². The third-order valence-electron chi connectivity index (χ3n) is 9.75. The van der Waals surface area contributed by atoms with Crippen LogP contribution in [0.3, 0.4) is 0 Å². The summed E-state index contributed by atoms with van der Waals surface area (Å²) in [6.45, 7) is -0.205. The summed E-state index contributed by atoms with van der Waals surface area (Å²) in [6.07, 6.45) is 0.650. The zero-order valence-corrected chi connectivity index (χ0v) is 25.2. The maximum Gasteiger partial charge on any atom is 0.231 e. The van der Waals surface area contributed by atoms with Gasteiger partial charge in [0.05, 0.1) is 20.8 Å². The molecule has 5 unspecified atom stereocenters. The summed E-state index contributed by atoms with van der Waals surface area (Å²) < 4.78 is 48.2. The number of ketones is 1. The average Bonchev–Trinajstić information content (AvgIpc) is 3.79. The molecule has 11 nitrogen and oxygen atoms in total. The fraction of sp³-hybridized carbons (Fsp3) is 0.500. The zero-order chi connectivity index (χ0) is 30.9. The van der Waals surface area contributed by atoms with Crippen LogP contribution in [0.15, 0.2) is 30.3 Å². The van der Waals surface area contributed by atoms with Crippen molar-refractivity contribution in [2.75, 3.05) is 27.6 Å². The fourth-order valence-corrected chi connectivity index (χ4v) is 7.61. The summed E-state index contributed by atoms with van der Waals surface area (Å²) in [6, 6.07) is 9.26. The second-order valence-corrected chi connectivity index (χ2v) is 12.3. The molecule has 45 heavy (non-hydrogen) atoms. The number of rotatable bonds is 6. The average molecular weight is 621 g/mol. The quantitative estimate of drug-likeness (QED) is 0.409. The summed E-state index contributed by atoms with van der Waals surface area (Å²) >= 11 is 0. The molecule has 3 aromatic carbocycles. The number of Topliss-reactive ketones (excluding diaryl/α,β-unsaturated/α-hetero) is 1. The Hall–Kier alpha value is -3.61. The highest BCUT2D eigenvalue weighted by Crippen LogP contribution is 2.51. The lowest BCUT2D eigenvalue weighted by molar-refractivity contribution is -0.254. The van der Waals surface area contributed by atoms with E-state index in [9.17, 15) is 15.0 Å². The molecule has 5 atom stereocenters. The lowest BCUT2D eigenvalue weighted by Gasteiger charge is -2.39. The molecule has 3 fully saturated rings. The number of aliphatic hydroxyl groups is 2. The smallest absolute Gasteiger partial charge is 0.231 e. The van der Waals surface area contributed by atoms with Gasteiger partial charge in [-0.1, -0.05) is 12.5 Å². The van der Waals surface area contributed by atoms with E-state index in [-0.39, 0.29) is 19.2 Å². The number of fused-ring (bicyclic) bond motifs is 4. The van der Waals surface area contributed by atoms with Gasteiger partial charge in [0.25, 0.3) is 0 Å². The van der Waals surface area contributed by atoms with E-state index in [0.29, 0.717) is 63.5 Å². The highest BCUT2D eigenvalue weighted by Gasteiger charge is 2.58. The van der Waals surface area contributed by atoms with Crippen molar-refractivity contribution in [3.05, 3.63) is 41.5 Å². The van der Waals surface area contributed by atoms with Gasteiger partial charge in [-0.15, -0.1) is 0 Å². The Morgan fingerprint density at radius 1 is 0.889 bits per heavy atom. The molecule has 2 aliphatic carbocycles. The molecule has 0 amide bonds. The van der Waals surface area contributed by atoms with Crippen LogP contribution in [0.4, 0.5) is 0 Å². The van der Waals surface area contributed by atoms with Crippen LogP contribution in [-0.4, -0.2) is 80.1 Å². The molecule has 3 aliphatic heterocycles. The minimum Gasteiger partial charge on any atom is -0.493 e. The fourth-order valence-electron chi connectivity index (χ4n) is 7.61. The Kier molecular flexibility index (Phi) is 7.07. The molecule has 1 saturated carbocycles. The first-order chi connectivity index (χ1) is 21.9. The molecule has 0 bridgehead atoms. The van der Waals surface area contributed by atoms with Gasteiger partial charge in [-0.3, -0.25) is 4.79 Å². The van der Waals surface area contributed by atoms with Gasteiger partial charge in [-0.05, 0) is 54.5 Å². The van der Waals surface area contributed by atoms with Gasteiger partial charge in [-0.2, -0.15) is 0 Å². The highest BCUT2D eigenvalue weighted by molar-refractivity contribution is 6.16. The number of methoxy groups -OCH3 is 2. The molecule has 11 heteroatoms. The first kappa shape index (κ1) is 28.8. The lowest BCUT2D eigenvalue weighted by Crippen LogP contribution is -2.58. The molecule has 2 saturated heterocycles. The van der Waals surface area contributed by atoms with Gasteiger partial charge in [0.15, 0.2) is 34.6 Å². The van der Waals surface area contributed by atoms with Gasteiger partial charge in [-0.25, -0.2) is 0 Å². The second-order valence-electron chi connectivity index (χ2n) is 12.3. The van der Waals surface area contributed by atoms with Crippen LogP contribution in [0.25, 0.3) is 21.9 Å². The van der Waals surface area contributed by atoms with Gasteiger partial charge < -0.3 is 48.1 Å². The van der Waals surface area contributed by atoms with Gasteiger partial charge in [0.2, 0.25) is 13.1 Å². The summed E-state index contributed by atoms with van der Waals surface area (Å²) in [7, 11) is 3.11. The summed E-state index contributed by atoms with van der Waals surface area (Å²) in [4.78, 5) is 13.6. The molecule has 238 valence electrons. The number of ether oxygens (including phenoxy) is 8. The molecule has 5 aliphatic rings. The molecule has 8 rings (SSSR count). The monoisotopic (exact) mass is 620 g/mol. The zero-order valence-electron chi connectivity index (χ0n) is 25.2. The van der Waals surface area contributed by atoms with Crippen molar-refractivity contribution < 1.29 is 52.9 Å². The summed E-state index contributed by atoms with van der Waals surface area (Å²) in [5.74, 6) is 1.77. The van der Waals surface area contributed by atoms with Gasteiger partial charge >= 0.3 is 0 Å². The van der Waals surface area contributed by atoms with Crippen LogP contribution < -0.4 is 23.7 Å². The van der Waals surface area contributed by atoms with E-state index in [1.165, 1.54) is 0 Å². The van der Waals surface area contributed by atoms with Crippen LogP contribution in [0, 0.1) is 0 Å². The van der Waals surface area contributed by atoms with Crippen molar-refractivity contribution in [3.63, 3.8) is 0 Å². The first-order valence-electron chi connectivity index (χ1n) is 15.6. The molecule has 0 aromatic heterocycles. The molecule has 3 heterocycles. The predicted molar refractivity (Wildman–Crippen MR) is 159 cm³/mol. The SMILES string of the molecule is COc1cc2c(OC3OC(CO)C4OC5(CCCCC5)OC4C3O)c3c(c(-c4ccc5c(c4)OCO5)c2cc1OC)C(=O)CC3. The third-order valence-corrected chi connectivity index (χ3v) is 9.75. The van der Waals surface area contributed by atoms with Crippen molar-refractivity contribution in [3.8, 4) is 39.9 Å². The number of aliphatic hydroxyl groups excluding tert-OH is 2. The van der Waals surface area contributed by atoms with E-state index in [2.05, 4.69) is 0 Å². The Morgan fingerprint density at radius 2 is 1.62 bits per heavy atom. The number of benzene rings is 3. The Bertz CT molecular complexity index is 1660. The number of carbonyl (C=O) groups is 1. The van der Waals surface area contributed by atoms with E-state index in [1.54, 1.807) is 14.2 Å². The lowest BCUT2D eigenvalue weighted by atomic mass is 9.89. The molecular formula is C34H36O11. The third kappa shape index (κ3) is 4.55. The van der Waals surface area contributed by atoms with E-state index < -0.39 is 36.5 Å². The minimum atomic E-state index is -1.21. The van der Waals surface area contributed by atoms with Crippen molar-refractivity contribution in [1.29, 1.82) is 0 Å². The van der Waals surface area contributed by atoms with Crippen molar-refractivity contribution in [2.45, 2.75) is 81.4 Å². The van der Waals surface area contributed by atoms with E-state index in [0.717, 1.165) is 43.2 Å². The predicted octanol–water partition coefficient (Wildman–Crippen LogP) is 4.28. The topological polar surface area (TPSA) is 131 Å². The molecule has 1 spiro atoms. The minimum absolute atomic E-state index is 0.0237. The summed E-state index contributed by atoms with van der Waals surface area (Å²) in [5, 5.41) is 23.3. The molecule has 2 N–H and O–H groups in total. The molecule has 0 radical (unpaired) electrons. The molecular weight excluding hydrogens is 584 g/mol. The molecule has 3 aromatic rings.